The molecule has 2 atom stereocenters. The molecule has 0 spiro atoms. The molecule has 1 heterocycles. The molecule has 0 amide bonds. The van der Waals surface area contributed by atoms with Crippen molar-refractivity contribution in [1.29, 1.82) is 0 Å². The zero-order chi connectivity index (χ0) is 16.7. The average Bonchev–Trinajstić information content (AvgIpc) is 3.23. The fraction of sp³-hybridized carbons (Fsp3) is 0.429. The van der Waals surface area contributed by atoms with Crippen molar-refractivity contribution in [2.75, 3.05) is 18.8 Å². The van der Waals surface area contributed by atoms with Crippen molar-refractivity contribution >= 4 is 5.69 Å². The molecule has 3 N–H and O–H groups in total. The summed E-state index contributed by atoms with van der Waals surface area (Å²) in [5, 5.41) is 10.2. The van der Waals surface area contributed by atoms with E-state index in [0.29, 0.717) is 17.6 Å². The molecule has 126 valence electrons. The van der Waals surface area contributed by atoms with Gasteiger partial charge in [-0.25, -0.2) is 0 Å². The van der Waals surface area contributed by atoms with Crippen LogP contribution in [0.1, 0.15) is 41.0 Å². The van der Waals surface area contributed by atoms with Gasteiger partial charge in [-0.3, -0.25) is 4.90 Å². The lowest BCUT2D eigenvalue weighted by atomic mass is 9.88. The van der Waals surface area contributed by atoms with Crippen LogP contribution in [0.3, 0.4) is 0 Å². The van der Waals surface area contributed by atoms with E-state index in [1.807, 2.05) is 13.0 Å². The minimum absolute atomic E-state index is 0.247. The zero-order valence-electron chi connectivity index (χ0n) is 14.3. The first-order chi connectivity index (χ1) is 11.6. The summed E-state index contributed by atoms with van der Waals surface area (Å²) in [6, 6.07) is 13.4. The maximum absolute atomic E-state index is 10.2. The number of likely N-dealkylation sites (tertiary alicyclic amines) is 1. The SMILES string of the molecule is Cc1c(C[C@@H]2c3ccccc3CC2N2CCCC2)ccc(N)c1O. The predicted molar refractivity (Wildman–Crippen MR) is 98.4 cm³/mol. The van der Waals surface area contributed by atoms with Crippen molar-refractivity contribution in [3.63, 3.8) is 0 Å². The Morgan fingerprint density at radius 1 is 1.12 bits per heavy atom. The van der Waals surface area contributed by atoms with Crippen molar-refractivity contribution in [2.24, 2.45) is 0 Å². The van der Waals surface area contributed by atoms with Crippen LogP contribution in [0, 0.1) is 6.92 Å². The number of hydrogen-bond acceptors (Lipinski definition) is 3. The van der Waals surface area contributed by atoms with Gasteiger partial charge in [0.2, 0.25) is 0 Å². The number of phenolic OH excluding ortho intramolecular Hbond substituents is 1. The second-order valence-corrected chi connectivity index (χ2v) is 7.31. The number of hydrogen-bond donors (Lipinski definition) is 2. The van der Waals surface area contributed by atoms with E-state index in [0.717, 1.165) is 18.4 Å². The number of nitrogens with two attached hydrogens (primary N) is 1. The second-order valence-electron chi connectivity index (χ2n) is 7.31. The smallest absolute Gasteiger partial charge is 0.141 e. The highest BCUT2D eigenvalue weighted by atomic mass is 16.3. The van der Waals surface area contributed by atoms with Crippen LogP contribution in [0.15, 0.2) is 36.4 Å². The zero-order valence-corrected chi connectivity index (χ0v) is 14.3. The van der Waals surface area contributed by atoms with Crippen molar-refractivity contribution in [2.45, 2.75) is 44.6 Å². The maximum Gasteiger partial charge on any atom is 0.141 e. The van der Waals surface area contributed by atoms with E-state index in [-0.39, 0.29) is 5.75 Å². The van der Waals surface area contributed by atoms with Crippen molar-refractivity contribution in [3.05, 3.63) is 58.7 Å². The van der Waals surface area contributed by atoms with Crippen molar-refractivity contribution in [3.8, 4) is 5.75 Å². The lowest BCUT2D eigenvalue weighted by Crippen LogP contribution is -2.36. The lowest BCUT2D eigenvalue weighted by molar-refractivity contribution is 0.220. The number of fused-ring (bicyclic) bond motifs is 1. The van der Waals surface area contributed by atoms with E-state index in [1.54, 1.807) is 0 Å². The van der Waals surface area contributed by atoms with Crippen LogP contribution in [-0.2, 0) is 12.8 Å². The molecule has 0 bridgehead atoms. The molecule has 1 unspecified atom stereocenters. The van der Waals surface area contributed by atoms with E-state index in [9.17, 15) is 5.11 Å². The monoisotopic (exact) mass is 322 g/mol. The molecular weight excluding hydrogens is 296 g/mol. The van der Waals surface area contributed by atoms with Crippen LogP contribution >= 0.6 is 0 Å². The van der Waals surface area contributed by atoms with E-state index in [4.69, 9.17) is 5.73 Å². The Bertz CT molecular complexity index is 749. The molecule has 3 nitrogen and oxygen atoms in total. The highest BCUT2D eigenvalue weighted by Crippen LogP contribution is 2.41. The highest BCUT2D eigenvalue weighted by molar-refractivity contribution is 5.58. The van der Waals surface area contributed by atoms with E-state index >= 15 is 0 Å². The summed E-state index contributed by atoms with van der Waals surface area (Å²) in [6.45, 7) is 4.43. The summed E-state index contributed by atoms with van der Waals surface area (Å²) in [6.07, 6.45) is 4.77. The fourth-order valence-electron chi connectivity index (χ4n) is 4.58. The average molecular weight is 322 g/mol. The summed E-state index contributed by atoms with van der Waals surface area (Å²) in [7, 11) is 0. The van der Waals surface area contributed by atoms with Crippen molar-refractivity contribution in [1.82, 2.24) is 4.90 Å². The third-order valence-corrected chi connectivity index (χ3v) is 5.97. The molecule has 1 fully saturated rings. The molecule has 24 heavy (non-hydrogen) atoms. The maximum atomic E-state index is 10.2. The molecule has 0 aromatic heterocycles. The molecule has 0 radical (unpaired) electrons. The minimum Gasteiger partial charge on any atom is -0.506 e. The molecule has 2 aliphatic rings. The number of rotatable bonds is 3. The number of anilines is 1. The third kappa shape index (κ3) is 2.57. The van der Waals surface area contributed by atoms with Gasteiger partial charge in [0.25, 0.3) is 0 Å². The van der Waals surface area contributed by atoms with E-state index in [1.165, 1.54) is 42.6 Å². The number of nitrogen functional groups attached to an aromatic ring is 1. The second kappa shape index (κ2) is 6.14. The lowest BCUT2D eigenvalue weighted by Gasteiger charge is -2.30. The van der Waals surface area contributed by atoms with Crippen LogP contribution in [0.4, 0.5) is 5.69 Å². The number of aromatic hydroxyl groups is 1. The van der Waals surface area contributed by atoms with Gasteiger partial charge in [-0.2, -0.15) is 0 Å². The summed E-state index contributed by atoms with van der Waals surface area (Å²) in [5.41, 5.74) is 11.4. The van der Waals surface area contributed by atoms with Crippen LogP contribution in [0.5, 0.6) is 5.75 Å². The van der Waals surface area contributed by atoms with Crippen LogP contribution in [-0.4, -0.2) is 29.1 Å². The van der Waals surface area contributed by atoms with Gasteiger partial charge in [0.15, 0.2) is 0 Å². The quantitative estimate of drug-likeness (QED) is 0.670. The molecule has 2 aromatic carbocycles. The Balaban J connectivity index is 1.69. The first-order valence-electron chi connectivity index (χ1n) is 9.04. The molecule has 0 saturated carbocycles. The van der Waals surface area contributed by atoms with Gasteiger partial charge >= 0.3 is 0 Å². The molecule has 2 aromatic rings. The predicted octanol–water partition coefficient (Wildman–Crippen LogP) is 3.63. The highest BCUT2D eigenvalue weighted by Gasteiger charge is 2.37. The normalized spacial score (nSPS) is 23.5. The van der Waals surface area contributed by atoms with Gasteiger partial charge < -0.3 is 10.8 Å². The topological polar surface area (TPSA) is 49.5 Å². The van der Waals surface area contributed by atoms with Crippen LogP contribution < -0.4 is 5.73 Å². The van der Waals surface area contributed by atoms with Crippen molar-refractivity contribution < 1.29 is 5.11 Å². The number of nitrogens with zero attached hydrogens (tertiary/aromatic N) is 1. The van der Waals surface area contributed by atoms with Gasteiger partial charge in [-0.15, -0.1) is 0 Å². The third-order valence-electron chi connectivity index (χ3n) is 5.97. The molecule has 3 heteroatoms. The van der Waals surface area contributed by atoms with Gasteiger partial charge in [0.1, 0.15) is 5.75 Å². The van der Waals surface area contributed by atoms with Gasteiger partial charge in [-0.05, 0) is 74.0 Å². The minimum atomic E-state index is 0.247. The summed E-state index contributed by atoms with van der Waals surface area (Å²) >= 11 is 0. The van der Waals surface area contributed by atoms with Crippen LogP contribution in [0.25, 0.3) is 0 Å². The Labute approximate surface area is 144 Å². The number of phenols is 1. The molecule has 1 saturated heterocycles. The van der Waals surface area contributed by atoms with Gasteiger partial charge in [-0.1, -0.05) is 30.3 Å². The van der Waals surface area contributed by atoms with Crippen LogP contribution in [0.2, 0.25) is 0 Å². The molecule has 1 aliphatic heterocycles. The van der Waals surface area contributed by atoms with Gasteiger partial charge in [0, 0.05) is 12.0 Å². The summed E-state index contributed by atoms with van der Waals surface area (Å²) in [4.78, 5) is 2.68. The molecule has 1 aliphatic carbocycles. The Hall–Kier alpha value is -2.00. The van der Waals surface area contributed by atoms with E-state index < -0.39 is 0 Å². The Morgan fingerprint density at radius 3 is 2.67 bits per heavy atom. The standard InChI is InChI=1S/C21H26N2O/c1-14-15(8-9-19(22)21(14)24)12-18-17-7-3-2-6-16(17)13-20(18)23-10-4-5-11-23/h2-3,6-9,18,20,24H,4-5,10-13,22H2,1H3/t18-,20?/m1/s1. The molecule has 4 rings (SSSR count). The first-order valence-corrected chi connectivity index (χ1v) is 9.04. The fourth-order valence-corrected chi connectivity index (χ4v) is 4.58. The largest absolute Gasteiger partial charge is 0.506 e. The molecular formula is C21H26N2O. The number of benzene rings is 2. The first kappa shape index (κ1) is 15.5. The summed E-state index contributed by atoms with van der Waals surface area (Å²) in [5.74, 6) is 0.748. The Kier molecular flexibility index (Phi) is 3.97. The van der Waals surface area contributed by atoms with E-state index in [2.05, 4.69) is 35.2 Å². The van der Waals surface area contributed by atoms with Gasteiger partial charge in [0.05, 0.1) is 5.69 Å². The Morgan fingerprint density at radius 2 is 1.88 bits per heavy atom. The summed E-state index contributed by atoms with van der Waals surface area (Å²) < 4.78 is 0.